The Balaban J connectivity index is 2.29. The summed E-state index contributed by atoms with van der Waals surface area (Å²) < 4.78 is 1.28. The van der Waals surface area contributed by atoms with Gasteiger partial charge in [-0.15, -0.1) is 0 Å². The van der Waals surface area contributed by atoms with Crippen LogP contribution < -0.4 is 10.9 Å². The minimum atomic E-state index is -0.396. The van der Waals surface area contributed by atoms with Crippen molar-refractivity contribution in [2.45, 2.75) is 26.8 Å². The fraction of sp³-hybridized carbons (Fsp3) is 0.278. The Kier molecular flexibility index (Phi) is 3.85. The van der Waals surface area contributed by atoms with Crippen molar-refractivity contribution < 1.29 is 14.7 Å². The number of nitrogens with one attached hydrogen (secondary N) is 1. The Bertz CT molecular complexity index is 916. The highest BCUT2D eigenvalue weighted by Crippen LogP contribution is 2.33. The van der Waals surface area contributed by atoms with E-state index in [1.54, 1.807) is 19.9 Å². The maximum absolute atomic E-state index is 13.0. The summed E-state index contributed by atoms with van der Waals surface area (Å²) in [5, 5.41) is 11.9. The molecule has 2 N–H and O–H groups in total. The molecule has 0 radical (unpaired) electrons. The number of aryl methyl sites for hydroxylation is 1. The second kappa shape index (κ2) is 5.72. The zero-order chi connectivity index (χ0) is 17.6. The van der Waals surface area contributed by atoms with E-state index in [0.29, 0.717) is 28.8 Å². The summed E-state index contributed by atoms with van der Waals surface area (Å²) in [6.45, 7) is 7.27. The number of carbonyl (C=O) groups excluding carboxylic acids is 2. The molecule has 0 unspecified atom stereocenters. The summed E-state index contributed by atoms with van der Waals surface area (Å²) >= 11 is 0. The van der Waals surface area contributed by atoms with E-state index < -0.39 is 5.78 Å². The summed E-state index contributed by atoms with van der Waals surface area (Å²) in [7, 11) is 0. The SMILES string of the molecule is C=C1C=C(C)C2=C(N1)C(=O)c1c(c(C)cc(=O)n1CCCO)C2=O. The standard InChI is InChI=1S/C18H18N2O4/c1-9-7-11(3)19-15-13(9)17(23)14-10(2)8-12(22)20(5-4-6-21)16(14)18(15)24/h7-8,19,21H,3-6H2,1-2H3. The topological polar surface area (TPSA) is 88.4 Å². The Morgan fingerprint density at radius 1 is 1.21 bits per heavy atom. The first-order valence-corrected chi connectivity index (χ1v) is 7.70. The number of pyridine rings is 1. The number of aliphatic hydroxyl groups excluding tert-OH is 1. The summed E-state index contributed by atoms with van der Waals surface area (Å²) in [6, 6.07) is 1.36. The zero-order valence-corrected chi connectivity index (χ0v) is 13.6. The molecule has 0 amide bonds. The summed E-state index contributed by atoms with van der Waals surface area (Å²) in [6.07, 6.45) is 2.04. The quantitative estimate of drug-likeness (QED) is 0.872. The van der Waals surface area contributed by atoms with Gasteiger partial charge < -0.3 is 15.0 Å². The van der Waals surface area contributed by atoms with Crippen molar-refractivity contribution in [3.8, 4) is 0 Å². The smallest absolute Gasteiger partial charge is 0.251 e. The highest BCUT2D eigenvalue weighted by molar-refractivity contribution is 6.28. The number of ketones is 2. The first-order chi connectivity index (χ1) is 11.4. The Hall–Kier alpha value is -2.73. The van der Waals surface area contributed by atoms with Gasteiger partial charge in [0.15, 0.2) is 5.78 Å². The lowest BCUT2D eigenvalue weighted by atomic mass is 9.83. The molecular weight excluding hydrogens is 308 g/mol. The van der Waals surface area contributed by atoms with E-state index in [1.165, 1.54) is 10.6 Å². The monoisotopic (exact) mass is 326 g/mol. The molecule has 0 atom stereocenters. The van der Waals surface area contributed by atoms with Crippen molar-refractivity contribution in [3.05, 3.63) is 68.4 Å². The van der Waals surface area contributed by atoms with Crippen molar-refractivity contribution >= 4 is 11.6 Å². The van der Waals surface area contributed by atoms with E-state index in [2.05, 4.69) is 11.9 Å². The van der Waals surface area contributed by atoms with Crippen molar-refractivity contribution in [1.82, 2.24) is 9.88 Å². The minimum absolute atomic E-state index is 0.0900. The normalized spacial score (nSPS) is 16.6. The fourth-order valence-corrected chi connectivity index (χ4v) is 3.24. The number of aromatic nitrogens is 1. The second-order valence-corrected chi connectivity index (χ2v) is 6.00. The summed E-state index contributed by atoms with van der Waals surface area (Å²) in [5.74, 6) is -0.671. The van der Waals surface area contributed by atoms with Gasteiger partial charge in [0, 0.05) is 24.9 Å². The molecule has 24 heavy (non-hydrogen) atoms. The molecule has 3 rings (SSSR count). The molecule has 0 bridgehead atoms. The van der Waals surface area contributed by atoms with E-state index in [9.17, 15) is 14.4 Å². The molecule has 0 fully saturated rings. The van der Waals surface area contributed by atoms with Crippen LogP contribution in [0.1, 0.15) is 39.8 Å². The molecule has 1 aliphatic heterocycles. The van der Waals surface area contributed by atoms with E-state index in [-0.39, 0.29) is 41.4 Å². The number of aliphatic hydroxyl groups is 1. The first-order valence-electron chi connectivity index (χ1n) is 7.70. The van der Waals surface area contributed by atoms with Crippen molar-refractivity contribution in [3.63, 3.8) is 0 Å². The van der Waals surface area contributed by atoms with E-state index in [0.717, 1.165) is 0 Å². The van der Waals surface area contributed by atoms with Crippen molar-refractivity contribution in [2.24, 2.45) is 0 Å². The van der Waals surface area contributed by atoms with Gasteiger partial charge in [0.2, 0.25) is 5.78 Å². The predicted molar refractivity (Wildman–Crippen MR) is 88.9 cm³/mol. The number of fused-ring (bicyclic) bond motifs is 1. The average Bonchev–Trinajstić information content (AvgIpc) is 2.50. The van der Waals surface area contributed by atoms with Crippen LogP contribution in [0.5, 0.6) is 0 Å². The van der Waals surface area contributed by atoms with Crippen LogP contribution in [0.4, 0.5) is 0 Å². The van der Waals surface area contributed by atoms with Gasteiger partial charge in [0.05, 0.1) is 11.1 Å². The molecule has 0 aromatic carbocycles. The van der Waals surface area contributed by atoms with Crippen LogP contribution in [0.3, 0.4) is 0 Å². The van der Waals surface area contributed by atoms with Gasteiger partial charge in [-0.1, -0.05) is 6.58 Å². The largest absolute Gasteiger partial charge is 0.396 e. The van der Waals surface area contributed by atoms with Crippen LogP contribution >= 0.6 is 0 Å². The van der Waals surface area contributed by atoms with E-state index in [4.69, 9.17) is 5.11 Å². The number of allylic oxidation sites excluding steroid dienone is 4. The van der Waals surface area contributed by atoms with Crippen LogP contribution in [-0.4, -0.2) is 27.8 Å². The summed E-state index contributed by atoms with van der Waals surface area (Å²) in [4.78, 5) is 38.3. The third kappa shape index (κ3) is 2.27. The highest BCUT2D eigenvalue weighted by atomic mass is 16.3. The molecule has 2 heterocycles. The van der Waals surface area contributed by atoms with Gasteiger partial charge in [0.25, 0.3) is 5.56 Å². The fourth-order valence-electron chi connectivity index (χ4n) is 3.24. The van der Waals surface area contributed by atoms with Gasteiger partial charge >= 0.3 is 0 Å². The Morgan fingerprint density at radius 2 is 1.92 bits per heavy atom. The molecule has 1 aromatic heterocycles. The van der Waals surface area contributed by atoms with Gasteiger partial charge in [-0.05, 0) is 37.5 Å². The van der Waals surface area contributed by atoms with E-state index in [1.807, 2.05) is 0 Å². The molecule has 0 spiro atoms. The Labute approximate surface area is 138 Å². The van der Waals surface area contributed by atoms with Crippen LogP contribution in [0.2, 0.25) is 0 Å². The lowest BCUT2D eigenvalue weighted by Crippen LogP contribution is -2.38. The molecule has 6 heteroatoms. The number of dihydropyridines is 1. The number of nitrogens with zero attached hydrogens (tertiary/aromatic N) is 1. The lowest BCUT2D eigenvalue weighted by Gasteiger charge is -2.28. The van der Waals surface area contributed by atoms with Gasteiger partial charge in [0.1, 0.15) is 11.4 Å². The van der Waals surface area contributed by atoms with Gasteiger partial charge in [-0.3, -0.25) is 14.4 Å². The van der Waals surface area contributed by atoms with Gasteiger partial charge in [-0.2, -0.15) is 0 Å². The predicted octanol–water partition coefficient (Wildman–Crippen LogP) is 1.24. The van der Waals surface area contributed by atoms with Crippen molar-refractivity contribution in [2.75, 3.05) is 6.61 Å². The number of carbonyl (C=O) groups is 2. The molecule has 1 aliphatic carbocycles. The highest BCUT2D eigenvalue weighted by Gasteiger charge is 2.38. The summed E-state index contributed by atoms with van der Waals surface area (Å²) in [5.41, 5.74) is 2.17. The first kappa shape index (κ1) is 16.1. The maximum Gasteiger partial charge on any atom is 0.251 e. The number of hydrogen-bond donors (Lipinski definition) is 2. The molecule has 1 aromatic rings. The van der Waals surface area contributed by atoms with Crippen LogP contribution in [0.15, 0.2) is 46.1 Å². The molecular formula is C18H18N2O4. The third-order valence-corrected chi connectivity index (χ3v) is 4.26. The molecule has 0 saturated carbocycles. The third-order valence-electron chi connectivity index (χ3n) is 4.26. The lowest BCUT2D eigenvalue weighted by molar-refractivity contribution is 0.0961. The zero-order valence-electron chi connectivity index (χ0n) is 13.6. The minimum Gasteiger partial charge on any atom is -0.396 e. The molecule has 0 saturated heterocycles. The second-order valence-electron chi connectivity index (χ2n) is 6.00. The Morgan fingerprint density at radius 3 is 2.58 bits per heavy atom. The van der Waals surface area contributed by atoms with Crippen LogP contribution in [0, 0.1) is 6.92 Å². The molecule has 2 aliphatic rings. The molecule has 124 valence electrons. The van der Waals surface area contributed by atoms with Gasteiger partial charge in [-0.25, -0.2) is 0 Å². The van der Waals surface area contributed by atoms with Crippen molar-refractivity contribution in [1.29, 1.82) is 0 Å². The number of rotatable bonds is 3. The van der Waals surface area contributed by atoms with Crippen LogP contribution in [-0.2, 0) is 6.54 Å². The number of hydrogen-bond acceptors (Lipinski definition) is 5. The molecule has 6 nitrogen and oxygen atoms in total. The van der Waals surface area contributed by atoms with E-state index >= 15 is 0 Å². The van der Waals surface area contributed by atoms with Crippen LogP contribution in [0.25, 0.3) is 0 Å². The average molecular weight is 326 g/mol. The maximum atomic E-state index is 13.0. The number of Topliss-reactive ketones (excluding diaryl/α,β-unsaturated/α-hetero) is 2.